The molecule has 164 valence electrons. The lowest BCUT2D eigenvalue weighted by atomic mass is 9.85. The van der Waals surface area contributed by atoms with Crippen LogP contribution in [0.25, 0.3) is 0 Å². The van der Waals surface area contributed by atoms with E-state index in [1.807, 2.05) is 52.1 Å². The fourth-order valence-electron chi connectivity index (χ4n) is 3.45. The number of hydrogen-bond acceptors (Lipinski definition) is 2. The molecule has 0 saturated heterocycles. The fourth-order valence-corrected chi connectivity index (χ4v) is 3.45. The number of halogens is 4. The quantitative estimate of drug-likeness (QED) is 0.464. The summed E-state index contributed by atoms with van der Waals surface area (Å²) in [6, 6.07) is 10.0. The van der Waals surface area contributed by atoms with Gasteiger partial charge in [-0.2, -0.15) is 13.2 Å². The van der Waals surface area contributed by atoms with E-state index in [0.29, 0.717) is 18.9 Å². The van der Waals surface area contributed by atoms with Crippen LogP contribution in [0.1, 0.15) is 50.7 Å². The molecule has 0 aliphatic heterocycles. The molecule has 2 aromatic rings. The third-order valence-electron chi connectivity index (χ3n) is 5.09. The van der Waals surface area contributed by atoms with Gasteiger partial charge in [0.2, 0.25) is 5.91 Å². The van der Waals surface area contributed by atoms with E-state index in [1.54, 1.807) is 0 Å². The maximum absolute atomic E-state index is 14.1. The molecule has 0 aliphatic carbocycles. The standard InChI is InChI=1S/C23H28F4N2O/c1-14(2)11-17(12-15(3)16-5-8-19(28-4)9-6-16)22(30)29-21-10-7-18(13-20(21)24)23(25,26)27/h5-10,13-15,17,28H,11-12H2,1-4H3,(H,29,30). The maximum atomic E-state index is 14.1. The van der Waals surface area contributed by atoms with Crippen LogP contribution in [-0.4, -0.2) is 13.0 Å². The second-order valence-corrected chi connectivity index (χ2v) is 8.02. The molecule has 2 N–H and O–H groups in total. The first-order valence-corrected chi connectivity index (χ1v) is 9.96. The zero-order chi connectivity index (χ0) is 22.5. The van der Waals surface area contributed by atoms with Crippen LogP contribution in [0.4, 0.5) is 28.9 Å². The lowest BCUT2D eigenvalue weighted by Gasteiger charge is -2.23. The number of alkyl halides is 3. The van der Waals surface area contributed by atoms with Gasteiger partial charge < -0.3 is 10.6 Å². The number of carbonyl (C=O) groups is 1. The van der Waals surface area contributed by atoms with Crippen LogP contribution in [0.2, 0.25) is 0 Å². The van der Waals surface area contributed by atoms with Gasteiger partial charge in [0.15, 0.2) is 0 Å². The Bertz CT molecular complexity index is 847. The van der Waals surface area contributed by atoms with E-state index in [4.69, 9.17) is 0 Å². The Morgan fingerprint density at radius 1 is 1.00 bits per heavy atom. The van der Waals surface area contributed by atoms with Crippen molar-refractivity contribution in [3.8, 4) is 0 Å². The molecule has 2 rings (SSSR count). The Hall–Kier alpha value is -2.57. The molecule has 0 fully saturated rings. The molecule has 2 atom stereocenters. The van der Waals surface area contributed by atoms with Gasteiger partial charge in [0.25, 0.3) is 0 Å². The highest BCUT2D eigenvalue weighted by atomic mass is 19.4. The molecule has 7 heteroatoms. The predicted octanol–water partition coefficient (Wildman–Crippen LogP) is 6.68. The number of anilines is 2. The number of carbonyl (C=O) groups excluding carboxylic acids is 1. The average Bonchev–Trinajstić information content (AvgIpc) is 2.67. The molecular weight excluding hydrogens is 396 g/mol. The Balaban J connectivity index is 2.14. The molecule has 0 bridgehead atoms. The van der Waals surface area contributed by atoms with E-state index in [9.17, 15) is 22.4 Å². The minimum absolute atomic E-state index is 0.0860. The van der Waals surface area contributed by atoms with Gasteiger partial charge >= 0.3 is 6.18 Å². The molecule has 2 unspecified atom stereocenters. The van der Waals surface area contributed by atoms with Crippen LogP contribution in [0.3, 0.4) is 0 Å². The van der Waals surface area contributed by atoms with E-state index in [1.165, 1.54) is 0 Å². The van der Waals surface area contributed by atoms with Crippen molar-refractivity contribution in [1.82, 2.24) is 0 Å². The van der Waals surface area contributed by atoms with Crippen molar-refractivity contribution in [3.05, 3.63) is 59.4 Å². The highest BCUT2D eigenvalue weighted by Crippen LogP contribution is 2.32. The van der Waals surface area contributed by atoms with Crippen molar-refractivity contribution in [1.29, 1.82) is 0 Å². The number of nitrogens with one attached hydrogen (secondary N) is 2. The van der Waals surface area contributed by atoms with Crippen LogP contribution in [0.5, 0.6) is 0 Å². The maximum Gasteiger partial charge on any atom is 0.416 e. The van der Waals surface area contributed by atoms with Crippen LogP contribution >= 0.6 is 0 Å². The lowest BCUT2D eigenvalue weighted by molar-refractivity contribution is -0.137. The second-order valence-electron chi connectivity index (χ2n) is 8.02. The number of amides is 1. The van der Waals surface area contributed by atoms with Crippen LogP contribution < -0.4 is 10.6 Å². The van der Waals surface area contributed by atoms with Crippen LogP contribution in [0, 0.1) is 17.7 Å². The Kier molecular flexibility index (Phi) is 7.87. The Labute approximate surface area is 174 Å². The van der Waals surface area contributed by atoms with Crippen molar-refractivity contribution >= 4 is 17.3 Å². The van der Waals surface area contributed by atoms with Crippen molar-refractivity contribution in [2.24, 2.45) is 11.8 Å². The Morgan fingerprint density at radius 3 is 2.13 bits per heavy atom. The predicted molar refractivity (Wildman–Crippen MR) is 112 cm³/mol. The van der Waals surface area contributed by atoms with Crippen molar-refractivity contribution in [2.75, 3.05) is 17.7 Å². The molecule has 0 spiro atoms. The molecule has 2 aromatic carbocycles. The number of hydrogen-bond donors (Lipinski definition) is 2. The smallest absolute Gasteiger partial charge is 0.388 e. The molecule has 30 heavy (non-hydrogen) atoms. The van der Waals surface area contributed by atoms with Gasteiger partial charge in [0.1, 0.15) is 5.82 Å². The van der Waals surface area contributed by atoms with Gasteiger partial charge in [-0.15, -0.1) is 0 Å². The van der Waals surface area contributed by atoms with Crippen molar-refractivity contribution < 1.29 is 22.4 Å². The fraction of sp³-hybridized carbons (Fsp3) is 0.435. The molecule has 1 amide bonds. The second kappa shape index (κ2) is 9.96. The number of benzene rings is 2. The summed E-state index contributed by atoms with van der Waals surface area (Å²) in [5, 5.41) is 5.53. The summed E-state index contributed by atoms with van der Waals surface area (Å²) < 4.78 is 52.3. The minimum atomic E-state index is -4.64. The summed E-state index contributed by atoms with van der Waals surface area (Å²) in [7, 11) is 1.84. The molecule has 0 saturated carbocycles. The van der Waals surface area contributed by atoms with Crippen LogP contribution in [-0.2, 0) is 11.0 Å². The first kappa shape index (κ1) is 23.7. The van der Waals surface area contributed by atoms with E-state index < -0.39 is 23.5 Å². The first-order valence-electron chi connectivity index (χ1n) is 9.96. The summed E-state index contributed by atoms with van der Waals surface area (Å²) >= 11 is 0. The highest BCUT2D eigenvalue weighted by Gasteiger charge is 2.31. The summed E-state index contributed by atoms with van der Waals surface area (Å²) in [6.07, 6.45) is -3.50. The van der Waals surface area contributed by atoms with E-state index in [-0.39, 0.29) is 23.4 Å². The zero-order valence-electron chi connectivity index (χ0n) is 17.6. The van der Waals surface area contributed by atoms with Gasteiger partial charge in [-0.3, -0.25) is 4.79 Å². The summed E-state index contributed by atoms with van der Waals surface area (Å²) in [5.41, 5.74) is 0.736. The minimum Gasteiger partial charge on any atom is -0.388 e. The third kappa shape index (κ3) is 6.47. The van der Waals surface area contributed by atoms with Gasteiger partial charge in [-0.1, -0.05) is 32.9 Å². The van der Waals surface area contributed by atoms with Crippen molar-refractivity contribution in [2.45, 2.75) is 45.7 Å². The van der Waals surface area contributed by atoms with Crippen molar-refractivity contribution in [3.63, 3.8) is 0 Å². The monoisotopic (exact) mass is 424 g/mol. The van der Waals surface area contributed by atoms with E-state index >= 15 is 0 Å². The zero-order valence-corrected chi connectivity index (χ0v) is 17.6. The summed E-state index contributed by atoms with van der Waals surface area (Å²) in [4.78, 5) is 12.8. The summed E-state index contributed by atoms with van der Waals surface area (Å²) in [6.45, 7) is 6.00. The molecule has 0 radical (unpaired) electrons. The molecular formula is C23H28F4N2O. The van der Waals surface area contributed by atoms with Crippen LogP contribution in [0.15, 0.2) is 42.5 Å². The summed E-state index contributed by atoms with van der Waals surface area (Å²) in [5.74, 6) is -1.57. The largest absolute Gasteiger partial charge is 0.416 e. The lowest BCUT2D eigenvalue weighted by Crippen LogP contribution is -2.26. The normalized spacial score (nSPS) is 13.8. The van der Waals surface area contributed by atoms with Gasteiger partial charge in [-0.05, 0) is 60.6 Å². The van der Waals surface area contributed by atoms with Gasteiger partial charge in [0, 0.05) is 18.7 Å². The molecule has 0 aromatic heterocycles. The number of rotatable bonds is 8. The first-order chi connectivity index (χ1) is 14.0. The third-order valence-corrected chi connectivity index (χ3v) is 5.09. The van der Waals surface area contributed by atoms with E-state index in [2.05, 4.69) is 10.6 Å². The molecule has 3 nitrogen and oxygen atoms in total. The topological polar surface area (TPSA) is 41.1 Å². The molecule has 0 heterocycles. The van der Waals surface area contributed by atoms with E-state index in [0.717, 1.165) is 23.4 Å². The van der Waals surface area contributed by atoms with Gasteiger partial charge in [-0.25, -0.2) is 4.39 Å². The Morgan fingerprint density at radius 2 is 1.63 bits per heavy atom. The average molecular weight is 424 g/mol. The van der Waals surface area contributed by atoms with Gasteiger partial charge in [0.05, 0.1) is 11.3 Å². The SMILES string of the molecule is CNc1ccc(C(C)CC(CC(C)C)C(=O)Nc2ccc(C(F)(F)F)cc2F)cc1. The highest BCUT2D eigenvalue weighted by molar-refractivity contribution is 5.92. The molecule has 0 aliphatic rings.